The molecular formula is C11H15NO3S. The van der Waals surface area contributed by atoms with E-state index in [4.69, 9.17) is 5.73 Å². The largest absolute Gasteiger partial charge is 0.369 e. The standard InChI is InChI=1S/C11H15NO3S/c1-2-10(11(12)13)16(14,15)8-9-6-4-3-5-7-9/h3-7,10H,2,8H2,1H3,(H2,12,13). The van der Waals surface area contributed by atoms with Crippen LogP contribution in [0, 0.1) is 0 Å². The number of rotatable bonds is 5. The molecule has 0 saturated carbocycles. The fraction of sp³-hybridized carbons (Fsp3) is 0.364. The maximum absolute atomic E-state index is 11.9. The van der Waals surface area contributed by atoms with Gasteiger partial charge in [-0.3, -0.25) is 4.79 Å². The van der Waals surface area contributed by atoms with E-state index in [1.807, 2.05) is 6.07 Å². The highest BCUT2D eigenvalue weighted by molar-refractivity contribution is 7.92. The molecule has 2 N–H and O–H groups in total. The number of primary amides is 1. The molecule has 0 aliphatic carbocycles. The van der Waals surface area contributed by atoms with Gasteiger partial charge in [-0.2, -0.15) is 0 Å². The van der Waals surface area contributed by atoms with E-state index in [2.05, 4.69) is 0 Å². The second kappa shape index (κ2) is 5.12. The van der Waals surface area contributed by atoms with Gasteiger partial charge >= 0.3 is 0 Å². The van der Waals surface area contributed by atoms with Crippen LogP contribution < -0.4 is 5.73 Å². The number of hydrogen-bond donors (Lipinski definition) is 1. The Balaban J connectivity index is 2.91. The fourth-order valence-electron chi connectivity index (χ4n) is 1.54. The first-order valence-corrected chi connectivity index (χ1v) is 6.73. The van der Waals surface area contributed by atoms with Crippen molar-refractivity contribution in [3.63, 3.8) is 0 Å². The molecule has 0 aliphatic heterocycles. The highest BCUT2D eigenvalue weighted by Crippen LogP contribution is 2.13. The number of benzene rings is 1. The van der Waals surface area contributed by atoms with Crippen LogP contribution in [0.4, 0.5) is 0 Å². The molecule has 88 valence electrons. The zero-order chi connectivity index (χ0) is 12.2. The first kappa shape index (κ1) is 12.7. The third-order valence-electron chi connectivity index (χ3n) is 2.33. The molecule has 0 aromatic heterocycles. The van der Waals surface area contributed by atoms with Gasteiger partial charge in [-0.1, -0.05) is 37.3 Å². The quantitative estimate of drug-likeness (QED) is 0.830. The maximum Gasteiger partial charge on any atom is 0.235 e. The lowest BCUT2D eigenvalue weighted by Crippen LogP contribution is -2.36. The van der Waals surface area contributed by atoms with Crippen molar-refractivity contribution in [1.29, 1.82) is 0 Å². The van der Waals surface area contributed by atoms with Crippen LogP contribution in [0.25, 0.3) is 0 Å². The van der Waals surface area contributed by atoms with Crippen molar-refractivity contribution in [2.75, 3.05) is 0 Å². The van der Waals surface area contributed by atoms with Crippen molar-refractivity contribution in [2.24, 2.45) is 5.73 Å². The molecule has 4 nitrogen and oxygen atoms in total. The Hall–Kier alpha value is -1.36. The molecule has 0 saturated heterocycles. The average Bonchev–Trinajstić information content (AvgIpc) is 2.18. The SMILES string of the molecule is CCC(C(N)=O)S(=O)(=O)Cc1ccccc1. The van der Waals surface area contributed by atoms with Crippen LogP contribution in [0.2, 0.25) is 0 Å². The summed E-state index contributed by atoms with van der Waals surface area (Å²) in [5.41, 5.74) is 5.74. The summed E-state index contributed by atoms with van der Waals surface area (Å²) in [7, 11) is -3.50. The van der Waals surface area contributed by atoms with E-state index in [9.17, 15) is 13.2 Å². The van der Waals surface area contributed by atoms with E-state index >= 15 is 0 Å². The van der Waals surface area contributed by atoms with Crippen molar-refractivity contribution in [2.45, 2.75) is 24.3 Å². The monoisotopic (exact) mass is 241 g/mol. The molecule has 1 amide bonds. The van der Waals surface area contributed by atoms with Crippen LogP contribution in [0.15, 0.2) is 30.3 Å². The summed E-state index contributed by atoms with van der Waals surface area (Å²) in [4.78, 5) is 11.0. The molecule has 5 heteroatoms. The number of carbonyl (C=O) groups is 1. The summed E-state index contributed by atoms with van der Waals surface area (Å²) >= 11 is 0. The average molecular weight is 241 g/mol. The molecule has 1 aromatic carbocycles. The first-order chi connectivity index (χ1) is 7.47. The minimum atomic E-state index is -3.50. The topological polar surface area (TPSA) is 77.2 Å². The Morgan fingerprint density at radius 3 is 2.31 bits per heavy atom. The normalized spacial score (nSPS) is 13.3. The summed E-state index contributed by atoms with van der Waals surface area (Å²) in [5, 5.41) is -1.09. The van der Waals surface area contributed by atoms with E-state index < -0.39 is 21.0 Å². The minimum absolute atomic E-state index is 0.144. The second-order valence-electron chi connectivity index (χ2n) is 3.59. The van der Waals surface area contributed by atoms with Gasteiger partial charge < -0.3 is 5.73 Å². The minimum Gasteiger partial charge on any atom is -0.369 e. The highest BCUT2D eigenvalue weighted by Gasteiger charge is 2.28. The Bertz CT molecular complexity index is 453. The lowest BCUT2D eigenvalue weighted by Gasteiger charge is -2.12. The molecule has 1 unspecified atom stereocenters. The molecule has 0 aliphatic rings. The lowest BCUT2D eigenvalue weighted by molar-refractivity contribution is -0.117. The summed E-state index contributed by atoms with van der Waals surface area (Å²) in [5.74, 6) is -0.923. The molecule has 0 radical (unpaired) electrons. The maximum atomic E-state index is 11.9. The van der Waals surface area contributed by atoms with Crippen molar-refractivity contribution in [1.82, 2.24) is 0 Å². The Kier molecular flexibility index (Phi) is 4.06. The van der Waals surface area contributed by atoms with Gasteiger partial charge in [0.05, 0.1) is 5.75 Å². The molecule has 1 aromatic rings. The fourth-order valence-corrected chi connectivity index (χ4v) is 3.26. The Labute approximate surface area is 95.4 Å². The van der Waals surface area contributed by atoms with Gasteiger partial charge in [0.1, 0.15) is 5.25 Å². The number of nitrogens with two attached hydrogens (primary N) is 1. The lowest BCUT2D eigenvalue weighted by atomic mass is 10.2. The van der Waals surface area contributed by atoms with Crippen LogP contribution in [-0.4, -0.2) is 19.6 Å². The molecule has 0 bridgehead atoms. The van der Waals surface area contributed by atoms with Gasteiger partial charge in [0.2, 0.25) is 5.91 Å². The molecular weight excluding hydrogens is 226 g/mol. The molecule has 0 heterocycles. The van der Waals surface area contributed by atoms with E-state index in [0.717, 1.165) is 0 Å². The van der Waals surface area contributed by atoms with Gasteiger partial charge in [-0.25, -0.2) is 8.42 Å². The van der Waals surface area contributed by atoms with Crippen LogP contribution in [0.5, 0.6) is 0 Å². The van der Waals surface area contributed by atoms with Gasteiger partial charge in [0, 0.05) is 0 Å². The second-order valence-corrected chi connectivity index (χ2v) is 5.78. The van der Waals surface area contributed by atoms with Crippen LogP contribution in [0.3, 0.4) is 0 Å². The van der Waals surface area contributed by atoms with Gasteiger partial charge in [0.15, 0.2) is 9.84 Å². The smallest absolute Gasteiger partial charge is 0.235 e. The van der Waals surface area contributed by atoms with E-state index in [1.165, 1.54) is 0 Å². The predicted octanol–water partition coefficient (Wildman–Crippen LogP) is 0.865. The van der Waals surface area contributed by atoms with Gasteiger partial charge in [-0.15, -0.1) is 0 Å². The highest BCUT2D eigenvalue weighted by atomic mass is 32.2. The third-order valence-corrected chi connectivity index (χ3v) is 4.50. The van der Waals surface area contributed by atoms with E-state index in [0.29, 0.717) is 5.56 Å². The van der Waals surface area contributed by atoms with Crippen molar-refractivity contribution in [3.8, 4) is 0 Å². The molecule has 0 spiro atoms. The van der Waals surface area contributed by atoms with E-state index in [-0.39, 0.29) is 12.2 Å². The number of amides is 1. The van der Waals surface area contributed by atoms with Gasteiger partial charge in [-0.05, 0) is 12.0 Å². The number of sulfone groups is 1. The Morgan fingerprint density at radius 2 is 1.88 bits per heavy atom. The number of hydrogen-bond acceptors (Lipinski definition) is 3. The third kappa shape index (κ3) is 3.06. The predicted molar refractivity (Wildman–Crippen MR) is 62.3 cm³/mol. The molecule has 16 heavy (non-hydrogen) atoms. The molecule has 1 atom stereocenters. The van der Waals surface area contributed by atoms with Crippen molar-refractivity contribution >= 4 is 15.7 Å². The van der Waals surface area contributed by atoms with E-state index in [1.54, 1.807) is 31.2 Å². The van der Waals surface area contributed by atoms with Crippen molar-refractivity contribution < 1.29 is 13.2 Å². The van der Waals surface area contributed by atoms with Crippen LogP contribution >= 0.6 is 0 Å². The summed E-state index contributed by atoms with van der Waals surface area (Å²) in [6.07, 6.45) is 0.213. The van der Waals surface area contributed by atoms with Crippen molar-refractivity contribution in [3.05, 3.63) is 35.9 Å². The summed E-state index contributed by atoms with van der Waals surface area (Å²) < 4.78 is 23.7. The van der Waals surface area contributed by atoms with Crippen LogP contribution in [-0.2, 0) is 20.4 Å². The zero-order valence-electron chi connectivity index (χ0n) is 9.09. The molecule has 0 fully saturated rings. The first-order valence-electron chi connectivity index (χ1n) is 5.02. The van der Waals surface area contributed by atoms with Crippen LogP contribution in [0.1, 0.15) is 18.9 Å². The Morgan fingerprint density at radius 1 is 1.31 bits per heavy atom. The van der Waals surface area contributed by atoms with Gasteiger partial charge in [0.25, 0.3) is 0 Å². The molecule has 1 rings (SSSR count). The summed E-state index contributed by atoms with van der Waals surface area (Å²) in [6, 6.07) is 8.75. The number of carbonyl (C=O) groups excluding carboxylic acids is 1. The zero-order valence-corrected chi connectivity index (χ0v) is 9.91. The summed E-state index contributed by atoms with van der Waals surface area (Å²) in [6.45, 7) is 1.64.